The van der Waals surface area contributed by atoms with Gasteiger partial charge >= 0.3 is 6.18 Å². The van der Waals surface area contributed by atoms with Crippen molar-refractivity contribution in [2.75, 3.05) is 0 Å². The highest BCUT2D eigenvalue weighted by Crippen LogP contribution is 2.45. The van der Waals surface area contributed by atoms with Crippen LogP contribution in [0, 0.1) is 5.82 Å². The molecule has 0 radical (unpaired) electrons. The van der Waals surface area contributed by atoms with Crippen LogP contribution < -0.4 is 0 Å². The largest absolute Gasteiger partial charge is 0.426 e. The molecule has 1 N–H and O–H groups in total. The molecule has 0 aliphatic heterocycles. The molecule has 1 aromatic carbocycles. The predicted octanol–water partition coefficient (Wildman–Crippen LogP) is 3.69. The molecule has 0 bridgehead atoms. The third-order valence-corrected chi connectivity index (χ3v) is 3.53. The highest BCUT2D eigenvalue weighted by molar-refractivity contribution is 7.10. The summed E-state index contributed by atoms with van der Waals surface area (Å²) in [6.07, 6.45) is -4.88. The molecule has 0 aliphatic carbocycles. The Morgan fingerprint density at radius 2 is 1.61 bits per heavy atom. The molecular weight excluding hydrogens is 268 g/mol. The molecule has 1 atom stereocenters. The molecule has 0 aliphatic rings. The second kappa shape index (κ2) is 4.37. The molecule has 1 aromatic heterocycles. The van der Waals surface area contributed by atoms with Crippen LogP contribution in [0.5, 0.6) is 0 Å². The van der Waals surface area contributed by atoms with E-state index in [2.05, 4.69) is 0 Å². The van der Waals surface area contributed by atoms with Gasteiger partial charge in [0.25, 0.3) is 0 Å². The summed E-state index contributed by atoms with van der Waals surface area (Å²) in [7, 11) is 0. The van der Waals surface area contributed by atoms with Crippen molar-refractivity contribution in [2.24, 2.45) is 0 Å². The highest BCUT2D eigenvalue weighted by Gasteiger charge is 2.56. The third-order valence-electron chi connectivity index (χ3n) is 2.55. The van der Waals surface area contributed by atoms with Crippen LogP contribution in [0.2, 0.25) is 0 Å². The van der Waals surface area contributed by atoms with Crippen molar-refractivity contribution >= 4 is 11.3 Å². The van der Waals surface area contributed by atoms with Gasteiger partial charge < -0.3 is 5.11 Å². The summed E-state index contributed by atoms with van der Waals surface area (Å²) in [5.41, 5.74) is -3.51. The Morgan fingerprint density at radius 1 is 1.00 bits per heavy atom. The molecule has 0 fully saturated rings. The summed E-state index contributed by atoms with van der Waals surface area (Å²) < 4.78 is 52.1. The highest BCUT2D eigenvalue weighted by atomic mass is 32.1. The lowest BCUT2D eigenvalue weighted by atomic mass is 9.91. The Kier molecular flexibility index (Phi) is 3.16. The summed E-state index contributed by atoms with van der Waals surface area (Å²) in [5.74, 6) is -0.658. The van der Waals surface area contributed by atoms with E-state index in [9.17, 15) is 22.7 Å². The Bertz CT molecular complexity index is 518. The van der Waals surface area contributed by atoms with Gasteiger partial charge in [-0.3, -0.25) is 0 Å². The number of thiophene rings is 1. The van der Waals surface area contributed by atoms with E-state index in [1.54, 1.807) is 0 Å². The molecule has 18 heavy (non-hydrogen) atoms. The van der Waals surface area contributed by atoms with Gasteiger partial charge in [0.2, 0.25) is 5.60 Å². The Hall–Kier alpha value is -1.40. The number of hydrogen-bond acceptors (Lipinski definition) is 2. The Morgan fingerprint density at radius 3 is 2.06 bits per heavy atom. The SMILES string of the molecule is OC(c1ccc(F)cc1)(c1cccs1)C(F)(F)F. The minimum atomic E-state index is -4.88. The summed E-state index contributed by atoms with van der Waals surface area (Å²) in [4.78, 5) is -0.249. The van der Waals surface area contributed by atoms with Crippen LogP contribution in [-0.4, -0.2) is 11.3 Å². The van der Waals surface area contributed by atoms with E-state index in [0.717, 1.165) is 35.6 Å². The summed E-state index contributed by atoms with van der Waals surface area (Å²) >= 11 is 0.792. The molecule has 0 amide bonds. The topological polar surface area (TPSA) is 20.2 Å². The second-order valence-corrected chi connectivity index (χ2v) is 4.64. The fraction of sp³-hybridized carbons (Fsp3) is 0.167. The summed E-state index contributed by atoms with van der Waals surface area (Å²) in [5, 5.41) is 11.5. The molecule has 2 rings (SSSR count). The van der Waals surface area contributed by atoms with Gasteiger partial charge in [-0.25, -0.2) is 4.39 Å². The molecule has 1 heterocycles. The van der Waals surface area contributed by atoms with Gasteiger partial charge in [0.1, 0.15) is 5.82 Å². The molecule has 1 nitrogen and oxygen atoms in total. The first-order valence-corrected chi connectivity index (χ1v) is 5.83. The molecule has 0 saturated heterocycles. The van der Waals surface area contributed by atoms with Crippen molar-refractivity contribution in [1.29, 1.82) is 0 Å². The van der Waals surface area contributed by atoms with Gasteiger partial charge in [-0.1, -0.05) is 18.2 Å². The van der Waals surface area contributed by atoms with Crippen molar-refractivity contribution in [1.82, 2.24) is 0 Å². The lowest BCUT2D eigenvalue weighted by Crippen LogP contribution is -2.42. The van der Waals surface area contributed by atoms with Gasteiger partial charge in [-0.2, -0.15) is 13.2 Å². The number of rotatable bonds is 2. The van der Waals surface area contributed by atoms with Crippen molar-refractivity contribution in [3.8, 4) is 0 Å². The van der Waals surface area contributed by atoms with Crippen molar-refractivity contribution in [3.05, 3.63) is 58.0 Å². The summed E-state index contributed by atoms with van der Waals surface area (Å²) in [6, 6.07) is 6.26. The van der Waals surface area contributed by atoms with Gasteiger partial charge in [0.15, 0.2) is 0 Å². The van der Waals surface area contributed by atoms with Crippen LogP contribution in [0.25, 0.3) is 0 Å². The molecular formula is C12H8F4OS. The smallest absolute Gasteiger partial charge is 0.372 e. The maximum Gasteiger partial charge on any atom is 0.426 e. The number of benzene rings is 1. The number of halogens is 4. The van der Waals surface area contributed by atoms with Crippen molar-refractivity contribution < 1.29 is 22.7 Å². The Labute approximate surface area is 104 Å². The number of aliphatic hydroxyl groups is 1. The van der Waals surface area contributed by atoms with Gasteiger partial charge in [0, 0.05) is 4.88 Å². The zero-order valence-electron chi connectivity index (χ0n) is 8.91. The minimum absolute atomic E-state index is 0.249. The predicted molar refractivity (Wildman–Crippen MR) is 59.8 cm³/mol. The molecule has 6 heteroatoms. The van der Waals surface area contributed by atoms with E-state index in [-0.39, 0.29) is 4.88 Å². The molecule has 0 spiro atoms. The fourth-order valence-electron chi connectivity index (χ4n) is 1.62. The maximum absolute atomic E-state index is 13.1. The van der Waals surface area contributed by atoms with E-state index in [1.165, 1.54) is 17.5 Å². The number of hydrogen-bond donors (Lipinski definition) is 1. The lowest BCUT2D eigenvalue weighted by molar-refractivity contribution is -0.247. The zero-order chi connectivity index (χ0) is 13.4. The van der Waals surface area contributed by atoms with Gasteiger partial charge in [-0.05, 0) is 29.1 Å². The molecule has 0 saturated carbocycles. The average molecular weight is 276 g/mol. The fourth-order valence-corrected chi connectivity index (χ4v) is 2.49. The maximum atomic E-state index is 13.1. The van der Waals surface area contributed by atoms with Crippen LogP contribution in [0.1, 0.15) is 10.4 Å². The van der Waals surface area contributed by atoms with Crippen LogP contribution in [-0.2, 0) is 5.60 Å². The van der Waals surface area contributed by atoms with Crippen molar-refractivity contribution in [2.45, 2.75) is 11.8 Å². The minimum Gasteiger partial charge on any atom is -0.372 e. The van der Waals surface area contributed by atoms with Gasteiger partial charge in [-0.15, -0.1) is 11.3 Å². The first-order valence-electron chi connectivity index (χ1n) is 4.95. The monoisotopic (exact) mass is 276 g/mol. The molecule has 96 valence electrons. The summed E-state index contributed by atoms with van der Waals surface area (Å²) in [6.45, 7) is 0. The normalized spacial score (nSPS) is 15.4. The van der Waals surface area contributed by atoms with E-state index >= 15 is 0 Å². The standard InChI is InChI=1S/C12H8F4OS/c13-9-5-3-8(4-6-9)11(17,12(14,15)16)10-2-1-7-18-10/h1-7,17H. The quantitative estimate of drug-likeness (QED) is 0.829. The average Bonchev–Trinajstić information content (AvgIpc) is 2.81. The van der Waals surface area contributed by atoms with E-state index in [1.807, 2.05) is 0 Å². The van der Waals surface area contributed by atoms with Crippen LogP contribution in [0.3, 0.4) is 0 Å². The van der Waals surface area contributed by atoms with Crippen LogP contribution in [0.15, 0.2) is 41.8 Å². The molecule has 1 unspecified atom stereocenters. The first kappa shape index (κ1) is 13.0. The third kappa shape index (κ3) is 2.02. The molecule has 2 aromatic rings. The van der Waals surface area contributed by atoms with Crippen LogP contribution in [0.4, 0.5) is 17.6 Å². The van der Waals surface area contributed by atoms with E-state index in [0.29, 0.717) is 0 Å². The number of alkyl halides is 3. The van der Waals surface area contributed by atoms with Gasteiger partial charge in [0.05, 0.1) is 0 Å². The van der Waals surface area contributed by atoms with E-state index in [4.69, 9.17) is 0 Å². The van der Waals surface area contributed by atoms with E-state index < -0.39 is 23.2 Å². The lowest BCUT2D eigenvalue weighted by Gasteiger charge is -2.30. The second-order valence-electron chi connectivity index (χ2n) is 3.69. The first-order chi connectivity index (χ1) is 8.35. The van der Waals surface area contributed by atoms with Crippen molar-refractivity contribution in [3.63, 3.8) is 0 Å². The zero-order valence-corrected chi connectivity index (χ0v) is 9.73. The Balaban J connectivity index is 2.60. The van der Waals surface area contributed by atoms with Crippen LogP contribution >= 0.6 is 11.3 Å².